The van der Waals surface area contributed by atoms with Gasteiger partial charge in [-0.2, -0.15) is 0 Å². The molecule has 24 heavy (non-hydrogen) atoms. The molecule has 0 aliphatic rings. The summed E-state index contributed by atoms with van der Waals surface area (Å²) in [6, 6.07) is 20.2. The van der Waals surface area contributed by atoms with Crippen molar-refractivity contribution in [1.82, 2.24) is 4.98 Å². The van der Waals surface area contributed by atoms with Gasteiger partial charge in [0.1, 0.15) is 16.1 Å². The Kier molecular flexibility index (Phi) is 5.35. The van der Waals surface area contributed by atoms with Gasteiger partial charge in [0.2, 0.25) is 0 Å². The van der Waals surface area contributed by atoms with Crippen molar-refractivity contribution in [2.75, 3.05) is 7.11 Å². The van der Waals surface area contributed by atoms with Gasteiger partial charge in [-0.15, -0.1) is 0 Å². The average molecular weight is 431 g/mol. The van der Waals surface area contributed by atoms with E-state index in [4.69, 9.17) is 9.47 Å². The number of hydrogen-bond acceptors (Lipinski definition) is 3. The molecule has 0 aliphatic heterocycles. The monoisotopic (exact) mass is 431 g/mol. The summed E-state index contributed by atoms with van der Waals surface area (Å²) in [5.74, 6) is 1.64. The van der Waals surface area contributed by atoms with Crippen molar-refractivity contribution < 1.29 is 9.47 Å². The SMILES string of the molecule is COc1ccc(COc2ccc(-c3ccc(C)cc3)nc2I)cc1. The van der Waals surface area contributed by atoms with Crippen LogP contribution >= 0.6 is 22.6 Å². The molecule has 0 bridgehead atoms. The second-order valence-electron chi connectivity index (χ2n) is 5.49. The Morgan fingerprint density at radius 3 is 2.25 bits per heavy atom. The molecule has 2 aromatic carbocycles. The number of hydrogen-bond donors (Lipinski definition) is 0. The average Bonchev–Trinajstić information content (AvgIpc) is 2.62. The van der Waals surface area contributed by atoms with Crippen LogP contribution in [0.25, 0.3) is 11.3 Å². The number of aryl methyl sites for hydroxylation is 1. The van der Waals surface area contributed by atoms with E-state index in [0.717, 1.165) is 32.0 Å². The third-order valence-corrected chi connectivity index (χ3v) is 4.49. The van der Waals surface area contributed by atoms with Crippen LogP contribution in [0.1, 0.15) is 11.1 Å². The van der Waals surface area contributed by atoms with Crippen LogP contribution in [-0.2, 0) is 6.61 Å². The number of nitrogens with zero attached hydrogens (tertiary/aromatic N) is 1. The summed E-state index contributed by atoms with van der Waals surface area (Å²) in [4.78, 5) is 4.65. The highest BCUT2D eigenvalue weighted by molar-refractivity contribution is 14.1. The van der Waals surface area contributed by atoms with Crippen molar-refractivity contribution in [3.05, 3.63) is 75.5 Å². The fourth-order valence-electron chi connectivity index (χ4n) is 2.30. The Labute approximate surface area is 155 Å². The van der Waals surface area contributed by atoms with Crippen molar-refractivity contribution >= 4 is 22.6 Å². The molecule has 0 radical (unpaired) electrons. The van der Waals surface area contributed by atoms with Crippen LogP contribution in [0.4, 0.5) is 0 Å². The van der Waals surface area contributed by atoms with Gasteiger partial charge in [-0.3, -0.25) is 0 Å². The van der Waals surface area contributed by atoms with E-state index < -0.39 is 0 Å². The maximum absolute atomic E-state index is 5.90. The van der Waals surface area contributed by atoms with Gasteiger partial charge in [0.15, 0.2) is 5.75 Å². The van der Waals surface area contributed by atoms with Crippen LogP contribution in [0.3, 0.4) is 0 Å². The molecule has 1 aromatic heterocycles. The molecular weight excluding hydrogens is 413 g/mol. The minimum absolute atomic E-state index is 0.506. The van der Waals surface area contributed by atoms with Crippen molar-refractivity contribution in [2.45, 2.75) is 13.5 Å². The smallest absolute Gasteiger partial charge is 0.151 e. The molecule has 0 saturated heterocycles. The topological polar surface area (TPSA) is 31.4 Å². The van der Waals surface area contributed by atoms with Crippen LogP contribution in [0.15, 0.2) is 60.7 Å². The first-order valence-electron chi connectivity index (χ1n) is 7.65. The van der Waals surface area contributed by atoms with Gasteiger partial charge >= 0.3 is 0 Å². The Balaban J connectivity index is 1.71. The summed E-state index contributed by atoms with van der Waals surface area (Å²) >= 11 is 2.22. The van der Waals surface area contributed by atoms with Crippen molar-refractivity contribution in [3.63, 3.8) is 0 Å². The van der Waals surface area contributed by atoms with Crippen LogP contribution in [0.2, 0.25) is 0 Å². The van der Waals surface area contributed by atoms with E-state index in [1.807, 2.05) is 36.4 Å². The molecule has 0 spiro atoms. The quantitative estimate of drug-likeness (QED) is 0.409. The first-order chi connectivity index (χ1) is 11.7. The van der Waals surface area contributed by atoms with E-state index in [2.05, 4.69) is 58.8 Å². The highest BCUT2D eigenvalue weighted by Gasteiger charge is 2.07. The number of benzene rings is 2. The molecular formula is C20H18INO2. The summed E-state index contributed by atoms with van der Waals surface area (Å²) in [7, 11) is 1.66. The van der Waals surface area contributed by atoms with Crippen LogP contribution in [-0.4, -0.2) is 12.1 Å². The molecule has 0 N–H and O–H groups in total. The molecule has 3 rings (SSSR count). The molecule has 0 fully saturated rings. The normalized spacial score (nSPS) is 10.5. The summed E-state index contributed by atoms with van der Waals surface area (Å²) in [5.41, 5.74) is 4.40. The van der Waals surface area contributed by atoms with Gasteiger partial charge in [-0.05, 0) is 59.3 Å². The summed E-state index contributed by atoms with van der Waals surface area (Å²) in [5, 5.41) is 0. The summed E-state index contributed by atoms with van der Waals surface area (Å²) in [6.45, 7) is 2.59. The molecule has 0 amide bonds. The largest absolute Gasteiger partial charge is 0.497 e. The van der Waals surface area contributed by atoms with Crippen molar-refractivity contribution in [2.24, 2.45) is 0 Å². The fraction of sp³-hybridized carbons (Fsp3) is 0.150. The van der Waals surface area contributed by atoms with Gasteiger partial charge in [-0.25, -0.2) is 4.98 Å². The highest BCUT2D eigenvalue weighted by atomic mass is 127. The van der Waals surface area contributed by atoms with E-state index in [1.54, 1.807) is 7.11 Å². The van der Waals surface area contributed by atoms with Crippen LogP contribution < -0.4 is 9.47 Å². The Hall–Kier alpha value is -2.08. The zero-order chi connectivity index (χ0) is 16.9. The van der Waals surface area contributed by atoms with Gasteiger partial charge < -0.3 is 9.47 Å². The third-order valence-electron chi connectivity index (χ3n) is 3.72. The number of pyridine rings is 1. The van der Waals surface area contributed by atoms with Crippen molar-refractivity contribution in [1.29, 1.82) is 0 Å². The molecule has 4 heteroatoms. The lowest BCUT2D eigenvalue weighted by atomic mass is 10.1. The van der Waals surface area contributed by atoms with E-state index >= 15 is 0 Å². The van der Waals surface area contributed by atoms with Gasteiger partial charge in [0.05, 0.1) is 12.8 Å². The van der Waals surface area contributed by atoms with E-state index in [9.17, 15) is 0 Å². The Morgan fingerprint density at radius 2 is 1.62 bits per heavy atom. The van der Waals surface area contributed by atoms with Crippen LogP contribution in [0.5, 0.6) is 11.5 Å². The molecule has 0 atom stereocenters. The number of ether oxygens (including phenoxy) is 2. The van der Waals surface area contributed by atoms with E-state index in [1.165, 1.54) is 5.56 Å². The minimum Gasteiger partial charge on any atom is -0.497 e. The Morgan fingerprint density at radius 1 is 0.917 bits per heavy atom. The number of methoxy groups -OCH3 is 1. The second kappa shape index (κ2) is 7.66. The zero-order valence-electron chi connectivity index (χ0n) is 13.6. The first-order valence-corrected chi connectivity index (χ1v) is 8.73. The molecule has 3 nitrogen and oxygen atoms in total. The Bertz CT molecular complexity index is 814. The molecule has 0 saturated carbocycles. The minimum atomic E-state index is 0.506. The van der Waals surface area contributed by atoms with Crippen molar-refractivity contribution in [3.8, 4) is 22.8 Å². The fourth-order valence-corrected chi connectivity index (χ4v) is 2.89. The lowest BCUT2D eigenvalue weighted by Crippen LogP contribution is -1.99. The van der Waals surface area contributed by atoms with E-state index in [-0.39, 0.29) is 0 Å². The summed E-state index contributed by atoms with van der Waals surface area (Å²) in [6.07, 6.45) is 0. The van der Waals surface area contributed by atoms with Gasteiger partial charge in [0, 0.05) is 5.56 Å². The highest BCUT2D eigenvalue weighted by Crippen LogP contribution is 2.25. The zero-order valence-corrected chi connectivity index (χ0v) is 15.8. The van der Waals surface area contributed by atoms with Gasteiger partial charge in [-0.1, -0.05) is 42.0 Å². The number of rotatable bonds is 5. The molecule has 3 aromatic rings. The number of halogens is 1. The molecule has 0 aliphatic carbocycles. The third kappa shape index (κ3) is 4.06. The molecule has 1 heterocycles. The van der Waals surface area contributed by atoms with Crippen LogP contribution in [0, 0.1) is 10.6 Å². The lowest BCUT2D eigenvalue weighted by Gasteiger charge is -2.10. The predicted molar refractivity (Wildman–Crippen MR) is 104 cm³/mol. The molecule has 0 unspecified atom stereocenters. The lowest BCUT2D eigenvalue weighted by molar-refractivity contribution is 0.302. The molecule has 122 valence electrons. The predicted octanol–water partition coefficient (Wildman–Crippen LogP) is 5.25. The maximum Gasteiger partial charge on any atom is 0.151 e. The maximum atomic E-state index is 5.90. The summed E-state index contributed by atoms with van der Waals surface area (Å²) < 4.78 is 11.9. The van der Waals surface area contributed by atoms with Gasteiger partial charge in [0.25, 0.3) is 0 Å². The van der Waals surface area contributed by atoms with E-state index in [0.29, 0.717) is 6.61 Å². The second-order valence-corrected chi connectivity index (χ2v) is 6.51. The standard InChI is InChI=1S/C20H18INO2/c1-14-3-7-16(8-4-14)18-11-12-19(20(21)22-18)24-13-15-5-9-17(23-2)10-6-15/h3-12H,13H2,1-2H3. The first kappa shape index (κ1) is 16.8. The number of aromatic nitrogens is 1.